The van der Waals surface area contributed by atoms with Crippen molar-refractivity contribution in [2.24, 2.45) is 0 Å². The second-order valence-corrected chi connectivity index (χ2v) is 8.11. The summed E-state index contributed by atoms with van der Waals surface area (Å²) in [5.41, 5.74) is 1.98. The summed E-state index contributed by atoms with van der Waals surface area (Å²) in [5.74, 6) is 0.345. The van der Waals surface area contributed by atoms with Crippen LogP contribution in [0.15, 0.2) is 65.7 Å². The average Bonchev–Trinajstić information content (AvgIpc) is 2.68. The number of sulfonamides is 1. The van der Waals surface area contributed by atoms with E-state index in [9.17, 15) is 13.2 Å². The van der Waals surface area contributed by atoms with Crippen LogP contribution in [0.1, 0.15) is 21.5 Å². The largest absolute Gasteiger partial charge is 0.495 e. The monoisotopic (exact) mass is 411 g/mol. The van der Waals surface area contributed by atoms with Gasteiger partial charge in [0.1, 0.15) is 11.6 Å². The van der Waals surface area contributed by atoms with Crippen LogP contribution in [0.5, 0.6) is 5.75 Å². The molecular weight excluding hydrogens is 390 g/mol. The summed E-state index contributed by atoms with van der Waals surface area (Å²) >= 11 is 0. The Morgan fingerprint density at radius 3 is 2.52 bits per heavy atom. The van der Waals surface area contributed by atoms with Gasteiger partial charge in [0.15, 0.2) is 0 Å². The molecule has 0 saturated heterocycles. The molecule has 0 aliphatic carbocycles. The maximum Gasteiger partial charge on any atom is 0.262 e. The van der Waals surface area contributed by atoms with Crippen molar-refractivity contribution in [2.75, 3.05) is 17.1 Å². The van der Waals surface area contributed by atoms with Crippen molar-refractivity contribution < 1.29 is 17.9 Å². The van der Waals surface area contributed by atoms with Gasteiger partial charge in [0.2, 0.25) is 0 Å². The highest BCUT2D eigenvalue weighted by atomic mass is 32.2. The van der Waals surface area contributed by atoms with Crippen LogP contribution in [0.3, 0.4) is 0 Å². The summed E-state index contributed by atoms with van der Waals surface area (Å²) in [6.07, 6.45) is 1.59. The van der Waals surface area contributed by atoms with Crippen LogP contribution in [0, 0.1) is 13.8 Å². The molecule has 8 heteroatoms. The molecule has 150 valence electrons. The molecule has 7 nitrogen and oxygen atoms in total. The molecule has 1 aromatic heterocycles. The second kappa shape index (κ2) is 8.32. The first-order valence-corrected chi connectivity index (χ1v) is 10.3. The molecule has 0 atom stereocenters. The van der Waals surface area contributed by atoms with Gasteiger partial charge < -0.3 is 10.1 Å². The van der Waals surface area contributed by atoms with Gasteiger partial charge in [0.25, 0.3) is 15.9 Å². The summed E-state index contributed by atoms with van der Waals surface area (Å²) in [7, 11) is -2.48. The van der Waals surface area contributed by atoms with Gasteiger partial charge in [-0.15, -0.1) is 0 Å². The standard InChI is InChI=1S/C21H21N3O4S/c1-14-10-11-22-20(12-14)23-21(25)16-9-8-15(2)19(13-16)29(26,27)24-17-6-4-5-7-18(17)28-3/h4-13,24H,1-3H3,(H,22,23,25). The summed E-state index contributed by atoms with van der Waals surface area (Å²) in [5, 5.41) is 2.68. The Hall–Kier alpha value is -3.39. The Labute approximate surface area is 169 Å². The number of ether oxygens (including phenoxy) is 1. The SMILES string of the molecule is COc1ccccc1NS(=O)(=O)c1cc(C(=O)Nc2cc(C)ccn2)ccc1C. The lowest BCUT2D eigenvalue weighted by Crippen LogP contribution is -2.17. The van der Waals surface area contributed by atoms with E-state index in [1.54, 1.807) is 55.6 Å². The van der Waals surface area contributed by atoms with E-state index in [4.69, 9.17) is 4.74 Å². The van der Waals surface area contributed by atoms with Crippen LogP contribution >= 0.6 is 0 Å². The number of nitrogens with one attached hydrogen (secondary N) is 2. The van der Waals surface area contributed by atoms with Gasteiger partial charge in [-0.25, -0.2) is 13.4 Å². The van der Waals surface area contributed by atoms with Gasteiger partial charge in [-0.1, -0.05) is 18.2 Å². The normalized spacial score (nSPS) is 11.0. The van der Waals surface area contributed by atoms with Gasteiger partial charge in [0, 0.05) is 11.8 Å². The minimum absolute atomic E-state index is 0.00765. The van der Waals surface area contributed by atoms with E-state index in [0.29, 0.717) is 22.8 Å². The third-order valence-electron chi connectivity index (χ3n) is 4.25. The van der Waals surface area contributed by atoms with Crippen molar-refractivity contribution >= 4 is 27.4 Å². The fraction of sp³-hybridized carbons (Fsp3) is 0.143. The number of amides is 1. The smallest absolute Gasteiger partial charge is 0.262 e. The number of hydrogen-bond donors (Lipinski definition) is 2. The Kier molecular flexibility index (Phi) is 5.84. The average molecular weight is 411 g/mol. The zero-order valence-electron chi connectivity index (χ0n) is 16.3. The number of pyridine rings is 1. The molecule has 0 radical (unpaired) electrons. The third-order valence-corrected chi connectivity index (χ3v) is 5.76. The van der Waals surface area contributed by atoms with Crippen molar-refractivity contribution in [1.82, 2.24) is 4.98 Å². The van der Waals surface area contributed by atoms with Crippen LogP contribution in [0.2, 0.25) is 0 Å². The number of carbonyl (C=O) groups is 1. The molecule has 0 spiro atoms. The maximum atomic E-state index is 13.0. The van der Waals surface area contributed by atoms with E-state index in [0.717, 1.165) is 5.56 Å². The van der Waals surface area contributed by atoms with Gasteiger partial charge >= 0.3 is 0 Å². The lowest BCUT2D eigenvalue weighted by molar-refractivity contribution is 0.102. The predicted molar refractivity (Wildman–Crippen MR) is 112 cm³/mol. The van der Waals surface area contributed by atoms with Crippen molar-refractivity contribution in [3.05, 3.63) is 77.5 Å². The third kappa shape index (κ3) is 4.72. The second-order valence-electron chi connectivity index (χ2n) is 6.46. The fourth-order valence-electron chi connectivity index (χ4n) is 2.75. The number of hydrogen-bond acceptors (Lipinski definition) is 5. The molecule has 0 fully saturated rings. The molecule has 29 heavy (non-hydrogen) atoms. The number of anilines is 2. The lowest BCUT2D eigenvalue weighted by Gasteiger charge is -2.14. The number of benzene rings is 2. The molecule has 0 saturated carbocycles. The van der Waals surface area contributed by atoms with E-state index in [1.165, 1.54) is 13.2 Å². The minimum atomic E-state index is -3.94. The lowest BCUT2D eigenvalue weighted by atomic mass is 10.1. The first-order valence-electron chi connectivity index (χ1n) is 8.80. The molecule has 0 bridgehead atoms. The van der Waals surface area contributed by atoms with Crippen molar-refractivity contribution in [3.8, 4) is 5.75 Å². The van der Waals surface area contributed by atoms with Crippen LogP contribution in [-0.4, -0.2) is 26.4 Å². The molecule has 1 amide bonds. The fourth-order valence-corrected chi connectivity index (χ4v) is 4.09. The van der Waals surface area contributed by atoms with Gasteiger partial charge in [-0.3, -0.25) is 9.52 Å². The number of methoxy groups -OCH3 is 1. The predicted octanol–water partition coefficient (Wildman–Crippen LogP) is 3.76. The van der Waals surface area contributed by atoms with E-state index < -0.39 is 15.9 Å². The number of nitrogens with zero attached hydrogens (tertiary/aromatic N) is 1. The minimum Gasteiger partial charge on any atom is -0.495 e. The van der Waals surface area contributed by atoms with Crippen molar-refractivity contribution in [1.29, 1.82) is 0 Å². The molecular formula is C21H21N3O4S. The Balaban J connectivity index is 1.90. The maximum absolute atomic E-state index is 13.0. The van der Waals surface area contributed by atoms with Crippen LogP contribution in [0.25, 0.3) is 0 Å². The van der Waals surface area contributed by atoms with E-state index >= 15 is 0 Å². The van der Waals surface area contributed by atoms with Crippen molar-refractivity contribution in [3.63, 3.8) is 0 Å². The molecule has 1 heterocycles. The highest BCUT2D eigenvalue weighted by Crippen LogP contribution is 2.27. The van der Waals surface area contributed by atoms with Crippen LogP contribution < -0.4 is 14.8 Å². The highest BCUT2D eigenvalue weighted by Gasteiger charge is 2.21. The summed E-state index contributed by atoms with van der Waals surface area (Å²) < 4.78 is 33.6. The quantitative estimate of drug-likeness (QED) is 0.644. The van der Waals surface area contributed by atoms with E-state index in [2.05, 4.69) is 15.0 Å². The molecule has 2 N–H and O–H groups in total. The number of rotatable bonds is 6. The Morgan fingerprint density at radius 2 is 1.79 bits per heavy atom. The van der Waals surface area contributed by atoms with Crippen LogP contribution in [-0.2, 0) is 10.0 Å². The first-order chi connectivity index (χ1) is 13.8. The van der Waals surface area contributed by atoms with Gasteiger partial charge in [-0.05, 0) is 61.4 Å². The number of para-hydroxylation sites is 2. The Morgan fingerprint density at radius 1 is 1.03 bits per heavy atom. The molecule has 0 aliphatic rings. The highest BCUT2D eigenvalue weighted by molar-refractivity contribution is 7.92. The summed E-state index contributed by atoms with van der Waals surface area (Å²) in [4.78, 5) is 16.7. The van der Waals surface area contributed by atoms with Crippen LogP contribution in [0.4, 0.5) is 11.5 Å². The van der Waals surface area contributed by atoms with Gasteiger partial charge in [-0.2, -0.15) is 0 Å². The molecule has 0 aliphatic heterocycles. The number of carbonyl (C=O) groups excluding carboxylic acids is 1. The summed E-state index contributed by atoms with van der Waals surface area (Å²) in [6, 6.07) is 14.8. The molecule has 0 unspecified atom stereocenters. The molecule has 2 aromatic carbocycles. The number of aromatic nitrogens is 1. The zero-order chi connectivity index (χ0) is 21.0. The summed E-state index contributed by atoms with van der Waals surface area (Å²) in [6.45, 7) is 3.55. The van der Waals surface area contributed by atoms with E-state index in [1.807, 2.05) is 13.0 Å². The van der Waals surface area contributed by atoms with E-state index in [-0.39, 0.29) is 10.5 Å². The topological polar surface area (TPSA) is 97.4 Å². The van der Waals surface area contributed by atoms with Crippen molar-refractivity contribution in [2.45, 2.75) is 18.7 Å². The molecule has 3 aromatic rings. The number of aryl methyl sites for hydroxylation is 2. The van der Waals surface area contributed by atoms with Gasteiger partial charge in [0.05, 0.1) is 17.7 Å². The first kappa shape index (κ1) is 20.3. The zero-order valence-corrected chi connectivity index (χ0v) is 17.1. The Bertz CT molecular complexity index is 1160. The molecule has 3 rings (SSSR count).